The second kappa shape index (κ2) is 4.19. The van der Waals surface area contributed by atoms with Crippen LogP contribution in [-0.4, -0.2) is 30.7 Å². The Morgan fingerprint density at radius 1 is 1.20 bits per heavy atom. The van der Waals surface area contributed by atoms with E-state index >= 15 is 0 Å². The molecule has 0 unspecified atom stereocenters. The monoisotopic (exact) mass is 279 g/mol. The molecule has 3 rings (SSSR count). The summed E-state index contributed by atoms with van der Waals surface area (Å²) in [5, 5.41) is 0.196. The van der Waals surface area contributed by atoms with E-state index in [0.717, 1.165) is 4.68 Å². The highest BCUT2D eigenvalue weighted by molar-refractivity contribution is 5.96. The van der Waals surface area contributed by atoms with Crippen molar-refractivity contribution in [2.45, 2.75) is 6.92 Å². The van der Waals surface area contributed by atoms with Gasteiger partial charge in [0.2, 0.25) is 18.3 Å². The van der Waals surface area contributed by atoms with Crippen molar-refractivity contribution in [1.29, 1.82) is 0 Å². The highest BCUT2D eigenvalue weighted by Crippen LogP contribution is 2.51. The Labute approximate surface area is 113 Å². The highest BCUT2D eigenvalue weighted by Gasteiger charge is 2.31. The summed E-state index contributed by atoms with van der Waals surface area (Å²) in [5.41, 5.74) is -0.112. The predicted molar refractivity (Wildman–Crippen MR) is 70.1 cm³/mol. The van der Waals surface area contributed by atoms with Gasteiger partial charge in [-0.05, 0) is 6.92 Å². The lowest BCUT2D eigenvalue weighted by Gasteiger charge is -2.14. The molecule has 0 spiro atoms. The van der Waals surface area contributed by atoms with Gasteiger partial charge >= 0.3 is 0 Å². The molecule has 0 atom stereocenters. The number of nitrogens with two attached hydrogens (primary N) is 1. The molecule has 106 valence electrons. The van der Waals surface area contributed by atoms with Gasteiger partial charge in [-0.2, -0.15) is 0 Å². The van der Waals surface area contributed by atoms with Crippen molar-refractivity contribution in [1.82, 2.24) is 9.66 Å². The number of nitrogen functional groups attached to an aromatic ring is 1. The number of hydrogen-bond acceptors (Lipinski definition) is 7. The number of aryl methyl sites for hydroxylation is 1. The van der Waals surface area contributed by atoms with Crippen LogP contribution in [0.4, 0.5) is 0 Å². The number of rotatable bonds is 2. The first-order valence-corrected chi connectivity index (χ1v) is 5.82. The lowest BCUT2D eigenvalue weighted by molar-refractivity contribution is 0.169. The molecule has 1 aromatic heterocycles. The van der Waals surface area contributed by atoms with E-state index < -0.39 is 5.56 Å². The zero-order valence-electron chi connectivity index (χ0n) is 11.2. The van der Waals surface area contributed by atoms with Gasteiger partial charge in [-0.15, -0.1) is 0 Å². The molecule has 20 heavy (non-hydrogen) atoms. The molecule has 8 nitrogen and oxygen atoms in total. The second-order valence-corrected chi connectivity index (χ2v) is 4.19. The molecule has 0 bridgehead atoms. The molecule has 2 N–H and O–H groups in total. The summed E-state index contributed by atoms with van der Waals surface area (Å²) >= 11 is 0. The van der Waals surface area contributed by atoms with Crippen molar-refractivity contribution < 1.29 is 18.9 Å². The summed E-state index contributed by atoms with van der Waals surface area (Å²) in [6.45, 7) is 1.64. The topological polar surface area (TPSA) is 97.8 Å². The van der Waals surface area contributed by atoms with Crippen LogP contribution in [0.25, 0.3) is 10.9 Å². The van der Waals surface area contributed by atoms with Gasteiger partial charge in [0.05, 0.1) is 14.2 Å². The Bertz CT molecular complexity index is 768. The maximum atomic E-state index is 12.4. The number of benzene rings is 1. The van der Waals surface area contributed by atoms with Crippen LogP contribution in [-0.2, 0) is 0 Å². The van der Waals surface area contributed by atoms with Crippen LogP contribution in [0.3, 0.4) is 0 Å². The molecule has 2 aromatic rings. The normalized spacial score (nSPS) is 12.8. The fourth-order valence-electron chi connectivity index (χ4n) is 2.23. The molecule has 0 fully saturated rings. The summed E-state index contributed by atoms with van der Waals surface area (Å²) in [6.07, 6.45) is 0. The average molecular weight is 279 g/mol. The first-order valence-electron chi connectivity index (χ1n) is 5.82. The molecule has 0 amide bonds. The second-order valence-electron chi connectivity index (χ2n) is 4.19. The lowest BCUT2D eigenvalue weighted by atomic mass is 10.1. The summed E-state index contributed by atoms with van der Waals surface area (Å²) in [4.78, 5) is 16.7. The molecular weight excluding hydrogens is 266 g/mol. The van der Waals surface area contributed by atoms with Gasteiger partial charge < -0.3 is 24.8 Å². The van der Waals surface area contributed by atoms with Crippen molar-refractivity contribution in [2.24, 2.45) is 0 Å². The number of nitrogens with zero attached hydrogens (tertiary/aromatic N) is 2. The first-order chi connectivity index (χ1) is 9.60. The van der Waals surface area contributed by atoms with E-state index in [1.54, 1.807) is 6.92 Å². The molecule has 2 heterocycles. The fourth-order valence-corrected chi connectivity index (χ4v) is 2.23. The zero-order chi connectivity index (χ0) is 14.4. The third-order valence-electron chi connectivity index (χ3n) is 3.17. The van der Waals surface area contributed by atoms with E-state index in [9.17, 15) is 4.79 Å². The molecule has 0 radical (unpaired) electrons. The lowest BCUT2D eigenvalue weighted by Crippen LogP contribution is -2.30. The Hall–Kier alpha value is -2.64. The molecule has 1 aliphatic rings. The van der Waals surface area contributed by atoms with Gasteiger partial charge in [0.1, 0.15) is 16.7 Å². The SMILES string of the molecule is COc1c2c(c(OC)c3c(=O)n(N)c(C)nc13)OCO2. The molecule has 1 aliphatic heterocycles. The Kier molecular flexibility index (Phi) is 2.60. The highest BCUT2D eigenvalue weighted by atomic mass is 16.7. The van der Waals surface area contributed by atoms with Gasteiger partial charge in [0.25, 0.3) is 5.56 Å². The predicted octanol–water partition coefficient (Wildman–Crippen LogP) is 0.165. The maximum absolute atomic E-state index is 12.4. The Balaban J connectivity index is 2.59. The molecule has 1 aromatic carbocycles. The van der Waals surface area contributed by atoms with Crippen LogP contribution in [0.15, 0.2) is 4.79 Å². The van der Waals surface area contributed by atoms with Crippen molar-refractivity contribution >= 4 is 10.9 Å². The van der Waals surface area contributed by atoms with E-state index in [1.165, 1.54) is 14.2 Å². The van der Waals surface area contributed by atoms with Crippen LogP contribution >= 0.6 is 0 Å². The third-order valence-corrected chi connectivity index (χ3v) is 3.17. The molecule has 0 saturated carbocycles. The van der Waals surface area contributed by atoms with Crippen LogP contribution in [0.2, 0.25) is 0 Å². The third kappa shape index (κ3) is 1.41. The van der Waals surface area contributed by atoms with E-state index in [1.807, 2.05) is 0 Å². The van der Waals surface area contributed by atoms with Crippen LogP contribution in [0.5, 0.6) is 23.0 Å². The van der Waals surface area contributed by atoms with Gasteiger partial charge in [-0.25, -0.2) is 9.66 Å². The van der Waals surface area contributed by atoms with Crippen molar-refractivity contribution in [3.8, 4) is 23.0 Å². The van der Waals surface area contributed by atoms with Gasteiger partial charge in [0.15, 0.2) is 11.5 Å². The number of aromatic nitrogens is 2. The minimum absolute atomic E-state index is 0.0220. The largest absolute Gasteiger partial charge is 0.492 e. The van der Waals surface area contributed by atoms with Crippen molar-refractivity contribution in [3.05, 3.63) is 16.2 Å². The fraction of sp³-hybridized carbons (Fsp3) is 0.333. The standard InChI is InChI=1S/C12H13N3O5/c1-5-14-7-6(12(16)15(5)13)8(17-2)10-11(9(7)18-3)20-4-19-10/h4,13H2,1-3H3. The molecule has 0 aliphatic carbocycles. The van der Waals surface area contributed by atoms with Crippen LogP contribution < -0.4 is 30.3 Å². The van der Waals surface area contributed by atoms with E-state index in [2.05, 4.69) is 4.98 Å². The quantitative estimate of drug-likeness (QED) is 0.782. The van der Waals surface area contributed by atoms with E-state index in [-0.39, 0.29) is 17.9 Å². The summed E-state index contributed by atoms with van der Waals surface area (Å²) in [5.74, 6) is 7.29. The van der Waals surface area contributed by atoms with Gasteiger partial charge in [-0.1, -0.05) is 0 Å². The summed E-state index contributed by atoms with van der Waals surface area (Å²) < 4.78 is 22.3. The minimum Gasteiger partial charge on any atom is -0.492 e. The first kappa shape index (κ1) is 12.4. The van der Waals surface area contributed by atoms with Crippen molar-refractivity contribution in [3.63, 3.8) is 0 Å². The average Bonchev–Trinajstić information content (AvgIpc) is 2.91. The number of hydrogen-bond donors (Lipinski definition) is 1. The molecule has 0 saturated heterocycles. The summed E-state index contributed by atoms with van der Waals surface area (Å²) in [6, 6.07) is 0. The number of fused-ring (bicyclic) bond motifs is 2. The van der Waals surface area contributed by atoms with Gasteiger partial charge in [0, 0.05) is 0 Å². The summed E-state index contributed by atoms with van der Waals surface area (Å²) in [7, 11) is 2.90. The minimum atomic E-state index is -0.444. The van der Waals surface area contributed by atoms with Crippen LogP contribution in [0, 0.1) is 6.92 Å². The van der Waals surface area contributed by atoms with E-state index in [4.69, 9.17) is 24.8 Å². The van der Waals surface area contributed by atoms with Gasteiger partial charge in [-0.3, -0.25) is 4.79 Å². The smallest absolute Gasteiger partial charge is 0.283 e. The van der Waals surface area contributed by atoms with Crippen LogP contribution in [0.1, 0.15) is 5.82 Å². The Morgan fingerprint density at radius 2 is 1.80 bits per heavy atom. The number of methoxy groups -OCH3 is 2. The molecular formula is C12H13N3O5. The van der Waals surface area contributed by atoms with Crippen molar-refractivity contribution in [2.75, 3.05) is 26.9 Å². The number of ether oxygens (including phenoxy) is 4. The van der Waals surface area contributed by atoms with E-state index in [0.29, 0.717) is 28.6 Å². The molecule has 8 heteroatoms. The maximum Gasteiger partial charge on any atom is 0.283 e. The Morgan fingerprint density at radius 3 is 2.40 bits per heavy atom. The zero-order valence-corrected chi connectivity index (χ0v) is 11.2.